The summed E-state index contributed by atoms with van der Waals surface area (Å²) >= 11 is 0. The number of piperidine rings is 2. The first-order chi connectivity index (χ1) is 14.5. The summed E-state index contributed by atoms with van der Waals surface area (Å²) in [6.07, 6.45) is 3.92. The van der Waals surface area contributed by atoms with Crippen LogP contribution >= 0.6 is 0 Å². The number of hydrogen-bond donors (Lipinski definition) is 0. The number of benzene rings is 2. The van der Waals surface area contributed by atoms with Gasteiger partial charge in [-0.15, -0.1) is 0 Å². The fourth-order valence-corrected chi connectivity index (χ4v) is 4.57. The minimum absolute atomic E-state index is 0.0737. The van der Waals surface area contributed by atoms with Gasteiger partial charge in [-0.2, -0.15) is 0 Å². The van der Waals surface area contributed by atoms with Crippen molar-refractivity contribution in [3.05, 3.63) is 65.0 Å². The van der Waals surface area contributed by atoms with Crippen molar-refractivity contribution in [2.45, 2.75) is 51.7 Å². The van der Waals surface area contributed by atoms with Gasteiger partial charge in [0.2, 0.25) is 0 Å². The summed E-state index contributed by atoms with van der Waals surface area (Å²) in [5.41, 5.74) is 3.17. The second-order valence-electron chi connectivity index (χ2n) is 8.61. The molecule has 2 aliphatic rings. The van der Waals surface area contributed by atoms with E-state index in [1.54, 1.807) is 18.2 Å². The zero-order chi connectivity index (χ0) is 21.1. The van der Waals surface area contributed by atoms with Gasteiger partial charge in [0.05, 0.1) is 0 Å². The lowest BCUT2D eigenvalue weighted by Gasteiger charge is -2.41. The molecule has 0 aromatic heterocycles. The van der Waals surface area contributed by atoms with Gasteiger partial charge in [-0.25, -0.2) is 4.39 Å². The second kappa shape index (κ2) is 9.17. The van der Waals surface area contributed by atoms with Crippen LogP contribution in [0.5, 0.6) is 5.75 Å². The maximum Gasteiger partial charge on any atom is 0.253 e. The lowest BCUT2D eigenvalue weighted by atomic mass is 9.98. The summed E-state index contributed by atoms with van der Waals surface area (Å²) in [6, 6.07) is 13.1. The lowest BCUT2D eigenvalue weighted by molar-refractivity contribution is 0.0416. The number of para-hydroxylation sites is 1. The van der Waals surface area contributed by atoms with Crippen molar-refractivity contribution in [3.63, 3.8) is 0 Å². The number of carbonyl (C=O) groups excluding carboxylic acids is 1. The molecule has 2 aromatic carbocycles. The molecule has 0 aliphatic carbocycles. The molecule has 0 bridgehead atoms. The average Bonchev–Trinajstić information content (AvgIpc) is 2.77. The van der Waals surface area contributed by atoms with Crippen LogP contribution in [-0.4, -0.2) is 54.0 Å². The van der Waals surface area contributed by atoms with Gasteiger partial charge in [0.15, 0.2) is 11.6 Å². The molecule has 0 atom stereocenters. The number of rotatable bonds is 4. The Kier molecular flexibility index (Phi) is 6.38. The molecular weight excluding hydrogens is 379 g/mol. The van der Waals surface area contributed by atoms with Crippen LogP contribution < -0.4 is 4.74 Å². The SMILES string of the molecule is Cc1ccc(C(=O)N2CCC(N3CCC(Oc4ccccc4F)CC3)CC2)cc1C. The van der Waals surface area contributed by atoms with E-state index in [9.17, 15) is 9.18 Å². The molecule has 2 saturated heterocycles. The molecule has 2 fully saturated rings. The Hall–Kier alpha value is -2.40. The molecular formula is C25H31FN2O2. The minimum Gasteiger partial charge on any atom is -0.487 e. The van der Waals surface area contributed by atoms with Crippen LogP contribution in [0, 0.1) is 19.7 Å². The van der Waals surface area contributed by atoms with Crippen molar-refractivity contribution < 1.29 is 13.9 Å². The molecule has 5 heteroatoms. The van der Waals surface area contributed by atoms with Gasteiger partial charge in [-0.05, 0) is 74.9 Å². The second-order valence-corrected chi connectivity index (χ2v) is 8.61. The number of hydrogen-bond acceptors (Lipinski definition) is 3. The molecule has 4 rings (SSSR count). The van der Waals surface area contributed by atoms with Crippen LogP contribution in [0.15, 0.2) is 42.5 Å². The molecule has 4 nitrogen and oxygen atoms in total. The summed E-state index contributed by atoms with van der Waals surface area (Å²) in [7, 11) is 0. The highest BCUT2D eigenvalue weighted by Crippen LogP contribution is 2.26. The van der Waals surface area contributed by atoms with E-state index in [1.807, 2.05) is 23.1 Å². The Morgan fingerprint density at radius 3 is 2.30 bits per heavy atom. The molecule has 30 heavy (non-hydrogen) atoms. The summed E-state index contributed by atoms with van der Waals surface area (Å²) in [5.74, 6) is 0.211. The third-order valence-electron chi connectivity index (χ3n) is 6.63. The van der Waals surface area contributed by atoms with Crippen LogP contribution in [0.4, 0.5) is 4.39 Å². The molecule has 2 aromatic rings. The van der Waals surface area contributed by atoms with E-state index in [0.717, 1.165) is 63.0 Å². The standard InChI is InChI=1S/C25H31FN2O2/c1-18-7-8-20(17-19(18)2)25(29)28-13-9-21(10-14-28)27-15-11-22(12-16-27)30-24-6-4-3-5-23(24)26/h3-8,17,21-22H,9-16H2,1-2H3. The number of carbonyl (C=O) groups is 1. The fourth-order valence-electron chi connectivity index (χ4n) is 4.57. The smallest absolute Gasteiger partial charge is 0.253 e. The number of nitrogens with zero attached hydrogens (tertiary/aromatic N) is 2. The summed E-state index contributed by atoms with van der Waals surface area (Å²) in [4.78, 5) is 17.4. The van der Waals surface area contributed by atoms with Gasteiger partial charge >= 0.3 is 0 Å². The van der Waals surface area contributed by atoms with Gasteiger partial charge in [0, 0.05) is 37.8 Å². The number of aryl methyl sites for hydroxylation is 2. The first-order valence-electron chi connectivity index (χ1n) is 11.0. The number of ether oxygens (including phenoxy) is 1. The minimum atomic E-state index is -0.291. The Balaban J connectivity index is 1.25. The largest absolute Gasteiger partial charge is 0.487 e. The van der Waals surface area contributed by atoms with E-state index in [0.29, 0.717) is 11.8 Å². The predicted molar refractivity (Wildman–Crippen MR) is 116 cm³/mol. The van der Waals surface area contributed by atoms with Gasteiger partial charge in [0.1, 0.15) is 6.10 Å². The average molecular weight is 411 g/mol. The van der Waals surface area contributed by atoms with Gasteiger partial charge in [0.25, 0.3) is 5.91 Å². The van der Waals surface area contributed by atoms with Crippen molar-refractivity contribution in [1.82, 2.24) is 9.80 Å². The molecule has 0 radical (unpaired) electrons. The summed E-state index contributed by atoms with van der Waals surface area (Å²) < 4.78 is 19.7. The summed E-state index contributed by atoms with van der Waals surface area (Å²) in [6.45, 7) is 7.67. The maximum atomic E-state index is 13.8. The van der Waals surface area contributed by atoms with Crippen molar-refractivity contribution in [2.75, 3.05) is 26.2 Å². The number of likely N-dealkylation sites (tertiary alicyclic amines) is 2. The lowest BCUT2D eigenvalue weighted by Crippen LogP contribution is -2.50. The molecule has 0 saturated carbocycles. The highest BCUT2D eigenvalue weighted by molar-refractivity contribution is 5.94. The zero-order valence-corrected chi connectivity index (χ0v) is 17.9. The molecule has 1 amide bonds. The van der Waals surface area contributed by atoms with Crippen LogP contribution in [0.25, 0.3) is 0 Å². The van der Waals surface area contributed by atoms with E-state index >= 15 is 0 Å². The Morgan fingerprint density at radius 2 is 1.63 bits per heavy atom. The number of amides is 1. The molecule has 0 unspecified atom stereocenters. The van der Waals surface area contributed by atoms with E-state index in [-0.39, 0.29) is 17.8 Å². The molecule has 160 valence electrons. The molecule has 2 aliphatic heterocycles. The first-order valence-corrected chi connectivity index (χ1v) is 11.0. The predicted octanol–water partition coefficient (Wildman–Crippen LogP) is 4.59. The Bertz CT molecular complexity index is 884. The molecule has 2 heterocycles. The fraction of sp³-hybridized carbons (Fsp3) is 0.480. The highest BCUT2D eigenvalue weighted by atomic mass is 19.1. The Labute approximate surface area is 178 Å². The number of halogens is 1. The summed E-state index contributed by atoms with van der Waals surface area (Å²) in [5, 5.41) is 0. The quantitative estimate of drug-likeness (QED) is 0.739. The first kappa shape index (κ1) is 20.9. The van der Waals surface area contributed by atoms with Gasteiger partial charge in [-0.3, -0.25) is 9.69 Å². The molecule has 0 spiro atoms. The normalized spacial score (nSPS) is 19.1. The van der Waals surface area contributed by atoms with Crippen molar-refractivity contribution in [1.29, 1.82) is 0 Å². The molecule has 0 N–H and O–H groups in total. The van der Waals surface area contributed by atoms with Crippen molar-refractivity contribution in [3.8, 4) is 5.75 Å². The third-order valence-corrected chi connectivity index (χ3v) is 6.63. The van der Waals surface area contributed by atoms with Crippen LogP contribution in [0.1, 0.15) is 47.2 Å². The monoisotopic (exact) mass is 410 g/mol. The van der Waals surface area contributed by atoms with E-state index in [1.165, 1.54) is 11.6 Å². The van der Waals surface area contributed by atoms with Crippen molar-refractivity contribution in [2.24, 2.45) is 0 Å². The van der Waals surface area contributed by atoms with Crippen LogP contribution in [0.3, 0.4) is 0 Å². The van der Waals surface area contributed by atoms with E-state index in [2.05, 4.69) is 18.7 Å². The topological polar surface area (TPSA) is 32.8 Å². The third kappa shape index (κ3) is 4.67. The van der Waals surface area contributed by atoms with E-state index < -0.39 is 0 Å². The zero-order valence-electron chi connectivity index (χ0n) is 17.9. The van der Waals surface area contributed by atoms with Crippen LogP contribution in [-0.2, 0) is 0 Å². The van der Waals surface area contributed by atoms with Gasteiger partial charge in [-0.1, -0.05) is 18.2 Å². The Morgan fingerprint density at radius 1 is 0.933 bits per heavy atom. The van der Waals surface area contributed by atoms with Crippen molar-refractivity contribution >= 4 is 5.91 Å². The van der Waals surface area contributed by atoms with Gasteiger partial charge < -0.3 is 9.64 Å². The highest BCUT2D eigenvalue weighted by Gasteiger charge is 2.30. The van der Waals surface area contributed by atoms with Crippen LogP contribution in [0.2, 0.25) is 0 Å². The van der Waals surface area contributed by atoms with E-state index in [4.69, 9.17) is 4.74 Å². The maximum absolute atomic E-state index is 13.8.